The van der Waals surface area contributed by atoms with Crippen LogP contribution in [0.5, 0.6) is 0 Å². The molecule has 3 aromatic rings. The van der Waals surface area contributed by atoms with Crippen molar-refractivity contribution in [3.8, 4) is 6.07 Å². The Kier molecular flexibility index (Phi) is 6.99. The largest absolute Gasteiger partial charge is 0.325 e. The lowest BCUT2D eigenvalue weighted by atomic mass is 10.1. The van der Waals surface area contributed by atoms with Gasteiger partial charge in [0.25, 0.3) is 5.56 Å². The summed E-state index contributed by atoms with van der Waals surface area (Å²) in [5, 5.41) is 12.5. The lowest BCUT2D eigenvalue weighted by Crippen LogP contribution is -2.23. The first kappa shape index (κ1) is 21.3. The molecule has 0 atom stereocenters. The summed E-state index contributed by atoms with van der Waals surface area (Å²) in [6, 6.07) is 17.2. The molecule has 0 unspecified atom stereocenters. The van der Waals surface area contributed by atoms with Gasteiger partial charge in [-0.25, -0.2) is 0 Å². The van der Waals surface area contributed by atoms with E-state index < -0.39 is 5.56 Å². The zero-order chi connectivity index (χ0) is 21.5. The highest BCUT2D eigenvalue weighted by molar-refractivity contribution is 6.31. The molecular weight excluding hydrogens is 400 g/mol. The number of hydrogen-bond acceptors (Lipinski definition) is 5. The number of anilines is 2. The van der Waals surface area contributed by atoms with Gasteiger partial charge in [0.1, 0.15) is 5.78 Å². The van der Waals surface area contributed by atoms with Gasteiger partial charge in [-0.1, -0.05) is 48.0 Å². The average Bonchev–Trinajstić information content (AvgIpc) is 2.73. The number of carbonyl (C=O) groups excluding carboxylic acids is 1. The molecule has 7 heteroatoms. The molecule has 0 radical (unpaired) electrons. The van der Waals surface area contributed by atoms with Crippen molar-refractivity contribution < 1.29 is 4.79 Å². The predicted molar refractivity (Wildman–Crippen MR) is 117 cm³/mol. The number of carbonyl (C=O) groups is 1. The van der Waals surface area contributed by atoms with Gasteiger partial charge < -0.3 is 9.88 Å². The Labute approximate surface area is 179 Å². The number of Topliss-reactive ketones (excluding diaryl/α,β-unsaturated/α-hetero) is 1. The lowest BCUT2D eigenvalue weighted by Gasteiger charge is -2.17. The molecule has 3 rings (SSSR count). The van der Waals surface area contributed by atoms with E-state index in [9.17, 15) is 9.59 Å². The van der Waals surface area contributed by atoms with E-state index >= 15 is 0 Å². The molecule has 0 saturated carbocycles. The molecule has 0 spiro atoms. The Morgan fingerprint density at radius 1 is 1.20 bits per heavy atom. The molecule has 152 valence electrons. The molecule has 1 N–H and O–H groups in total. The van der Waals surface area contributed by atoms with E-state index in [1.807, 2.05) is 60.0 Å². The molecule has 0 aliphatic heterocycles. The topological polar surface area (TPSA) is 87.8 Å². The number of rotatable bonds is 8. The minimum Gasteiger partial charge on any atom is -0.325 e. The molecule has 0 aliphatic rings. The van der Waals surface area contributed by atoms with Crippen LogP contribution >= 0.6 is 11.6 Å². The van der Waals surface area contributed by atoms with Crippen molar-refractivity contribution in [3.63, 3.8) is 0 Å². The highest BCUT2D eigenvalue weighted by Crippen LogP contribution is 2.25. The van der Waals surface area contributed by atoms with Crippen LogP contribution in [0.25, 0.3) is 0 Å². The Morgan fingerprint density at radius 3 is 2.70 bits per heavy atom. The Hall–Kier alpha value is -3.43. The zero-order valence-corrected chi connectivity index (χ0v) is 17.3. The van der Waals surface area contributed by atoms with Crippen molar-refractivity contribution >= 4 is 29.0 Å². The van der Waals surface area contributed by atoms with Crippen LogP contribution in [0, 0.1) is 18.3 Å². The van der Waals surface area contributed by atoms with Gasteiger partial charge >= 0.3 is 0 Å². The van der Waals surface area contributed by atoms with Crippen LogP contribution in [-0.2, 0) is 17.8 Å². The number of nitriles is 1. The predicted octanol–water partition coefficient (Wildman–Crippen LogP) is 4.41. The Morgan fingerprint density at radius 2 is 1.97 bits per heavy atom. The van der Waals surface area contributed by atoms with Crippen LogP contribution in [0.1, 0.15) is 29.5 Å². The fraction of sp³-hybridized carbons (Fsp3) is 0.217. The molecule has 0 amide bonds. The van der Waals surface area contributed by atoms with E-state index in [1.165, 1.54) is 0 Å². The van der Waals surface area contributed by atoms with Gasteiger partial charge in [-0.15, -0.1) is 0 Å². The lowest BCUT2D eigenvalue weighted by molar-refractivity contribution is -0.118. The van der Waals surface area contributed by atoms with Crippen molar-refractivity contribution in [1.29, 1.82) is 5.26 Å². The van der Waals surface area contributed by atoms with Crippen LogP contribution in [0.3, 0.4) is 0 Å². The van der Waals surface area contributed by atoms with E-state index in [0.717, 1.165) is 16.8 Å². The summed E-state index contributed by atoms with van der Waals surface area (Å²) in [7, 11) is 0. The maximum Gasteiger partial charge on any atom is 0.278 e. The van der Waals surface area contributed by atoms with Crippen molar-refractivity contribution in [2.24, 2.45) is 0 Å². The molecule has 0 saturated heterocycles. The minimum atomic E-state index is -0.466. The summed E-state index contributed by atoms with van der Waals surface area (Å²) in [4.78, 5) is 28.9. The summed E-state index contributed by atoms with van der Waals surface area (Å²) in [5.74, 6) is 0.204. The van der Waals surface area contributed by atoms with Gasteiger partial charge in [-0.2, -0.15) is 10.2 Å². The van der Waals surface area contributed by atoms with Gasteiger partial charge in [-0.05, 0) is 30.2 Å². The highest BCUT2D eigenvalue weighted by Gasteiger charge is 2.14. The number of benzene rings is 2. The van der Waals surface area contributed by atoms with Crippen LogP contribution in [0.4, 0.5) is 11.6 Å². The molecule has 0 aliphatic carbocycles. The number of halogens is 1. The number of hydrogen-bond donors (Lipinski definition) is 1. The maximum absolute atomic E-state index is 12.6. The highest BCUT2D eigenvalue weighted by atomic mass is 35.5. The van der Waals surface area contributed by atoms with E-state index in [1.54, 1.807) is 12.3 Å². The van der Waals surface area contributed by atoms with Crippen molar-refractivity contribution in [1.82, 2.24) is 9.55 Å². The summed E-state index contributed by atoms with van der Waals surface area (Å²) in [6.07, 6.45) is 1.88. The summed E-state index contributed by atoms with van der Waals surface area (Å²) in [5.41, 5.74) is 2.45. The Balaban J connectivity index is 1.98. The van der Waals surface area contributed by atoms with Crippen LogP contribution in [0.2, 0.25) is 5.02 Å². The summed E-state index contributed by atoms with van der Waals surface area (Å²) < 4.78 is 1.81. The second-order valence-electron chi connectivity index (χ2n) is 6.92. The van der Waals surface area contributed by atoms with Gasteiger partial charge in [-0.3, -0.25) is 9.59 Å². The average molecular weight is 421 g/mol. The fourth-order valence-corrected chi connectivity index (χ4v) is 3.19. The summed E-state index contributed by atoms with van der Waals surface area (Å²) >= 11 is 6.22. The Bertz CT molecular complexity index is 1150. The van der Waals surface area contributed by atoms with Crippen LogP contribution in [0.15, 0.2) is 59.5 Å². The van der Waals surface area contributed by atoms with Crippen molar-refractivity contribution in [2.45, 2.75) is 32.7 Å². The third kappa shape index (κ3) is 5.34. The SMILES string of the molecule is Cc1c(Cl)cccc1Nc1nc(=O)c(CC(=O)CCC#N)cn1Cc1ccccc1. The van der Waals surface area contributed by atoms with E-state index in [-0.39, 0.29) is 25.0 Å². The molecular formula is C23H21ClN4O2. The second-order valence-corrected chi connectivity index (χ2v) is 7.33. The third-order valence-corrected chi connectivity index (χ3v) is 5.09. The van der Waals surface area contributed by atoms with Gasteiger partial charge in [0, 0.05) is 41.7 Å². The molecule has 2 aromatic carbocycles. The first-order valence-corrected chi connectivity index (χ1v) is 9.91. The van der Waals surface area contributed by atoms with E-state index in [0.29, 0.717) is 23.1 Å². The summed E-state index contributed by atoms with van der Waals surface area (Å²) in [6.45, 7) is 2.35. The van der Waals surface area contributed by atoms with Crippen LogP contribution < -0.4 is 10.9 Å². The van der Waals surface area contributed by atoms with Gasteiger partial charge in [0.15, 0.2) is 0 Å². The molecule has 6 nitrogen and oxygen atoms in total. The first-order chi connectivity index (χ1) is 14.5. The van der Waals surface area contributed by atoms with Gasteiger partial charge in [0.2, 0.25) is 5.95 Å². The smallest absolute Gasteiger partial charge is 0.278 e. The monoisotopic (exact) mass is 420 g/mol. The zero-order valence-electron chi connectivity index (χ0n) is 16.6. The van der Waals surface area contributed by atoms with Crippen molar-refractivity contribution in [2.75, 3.05) is 5.32 Å². The first-order valence-electron chi connectivity index (χ1n) is 9.53. The number of nitrogens with one attached hydrogen (secondary N) is 1. The normalized spacial score (nSPS) is 10.4. The van der Waals surface area contributed by atoms with Crippen LogP contribution in [-0.4, -0.2) is 15.3 Å². The van der Waals surface area contributed by atoms with E-state index in [4.69, 9.17) is 16.9 Å². The molecule has 1 heterocycles. The van der Waals surface area contributed by atoms with Crippen molar-refractivity contribution in [3.05, 3.63) is 86.8 Å². The minimum absolute atomic E-state index is 0.0429. The molecule has 30 heavy (non-hydrogen) atoms. The maximum atomic E-state index is 12.6. The number of aromatic nitrogens is 2. The third-order valence-electron chi connectivity index (χ3n) is 4.68. The number of ketones is 1. The number of nitrogens with zero attached hydrogens (tertiary/aromatic N) is 3. The second kappa shape index (κ2) is 9.86. The van der Waals surface area contributed by atoms with Gasteiger partial charge in [0.05, 0.1) is 12.6 Å². The molecule has 1 aromatic heterocycles. The molecule has 0 bridgehead atoms. The molecule has 0 fully saturated rings. The fourth-order valence-electron chi connectivity index (χ4n) is 3.02. The van der Waals surface area contributed by atoms with E-state index in [2.05, 4.69) is 10.3 Å². The standard InChI is InChI=1S/C23H21ClN4O2/c1-16-20(24)10-5-11-21(16)26-23-27-22(30)18(13-19(29)9-6-12-25)15-28(23)14-17-7-3-2-4-8-17/h2-5,7-8,10-11,15H,6,9,13-14H2,1H3,(H,26,27,30). The quantitative estimate of drug-likeness (QED) is 0.583.